The van der Waals surface area contributed by atoms with Crippen LogP contribution in [-0.4, -0.2) is 118 Å². The van der Waals surface area contributed by atoms with E-state index in [9.17, 15) is 9.59 Å². The quantitative estimate of drug-likeness (QED) is 0.404. The number of rotatable bonds is 2. The zero-order valence-electron chi connectivity index (χ0n) is 20.9. The molecule has 0 aromatic heterocycles. The first-order valence-electron chi connectivity index (χ1n) is 11.7. The predicted molar refractivity (Wildman–Crippen MR) is 124 cm³/mol. The van der Waals surface area contributed by atoms with Gasteiger partial charge in [-0.3, -0.25) is 0 Å². The molecule has 0 spiro atoms. The Kier molecular flexibility index (Phi) is 14.8. The smallest absolute Gasteiger partial charge is 0.364 e. The van der Waals surface area contributed by atoms with Crippen LogP contribution in [0.5, 0.6) is 11.5 Å². The van der Waals surface area contributed by atoms with Crippen LogP contribution in [0.4, 0.5) is 0 Å². The monoisotopic (exact) mass is 516 g/mol. The maximum atomic E-state index is 12.7. The van der Waals surface area contributed by atoms with Gasteiger partial charge in [0.25, 0.3) is 0 Å². The molecule has 0 radical (unpaired) electrons. The van der Waals surface area contributed by atoms with Crippen LogP contribution in [0, 0.1) is 0 Å². The summed E-state index contributed by atoms with van der Waals surface area (Å²) < 4.78 is 54.2. The van der Waals surface area contributed by atoms with Crippen molar-refractivity contribution in [2.75, 3.05) is 100 Å². The lowest BCUT2D eigenvalue weighted by Gasteiger charge is -2.29. The number of esters is 2. The highest BCUT2D eigenvalue weighted by Gasteiger charge is 2.52. The van der Waals surface area contributed by atoms with Crippen LogP contribution < -0.4 is 9.47 Å². The van der Waals surface area contributed by atoms with Crippen LogP contribution in [-0.2, 0) is 47.5 Å². The first-order valence-corrected chi connectivity index (χ1v) is 11.7. The molecule has 0 N–H and O–H groups in total. The number of methoxy groups -OCH3 is 2. The molecule has 0 aliphatic carbocycles. The Morgan fingerprint density at radius 1 is 0.611 bits per heavy atom. The Balaban J connectivity index is 2.10. The van der Waals surface area contributed by atoms with Crippen LogP contribution in [0.25, 0.3) is 0 Å². The summed E-state index contributed by atoms with van der Waals surface area (Å²) in [5.74, 6) is -1.54. The third kappa shape index (κ3) is 10.2. The average molecular weight is 517 g/mol. The molecule has 0 atom stereocenters. The van der Waals surface area contributed by atoms with E-state index in [1.165, 1.54) is 0 Å². The number of para-hydroxylation sites is 2. The summed E-state index contributed by atoms with van der Waals surface area (Å²) >= 11 is 0. The van der Waals surface area contributed by atoms with Crippen molar-refractivity contribution >= 4 is 11.9 Å². The fraction of sp³-hybridized carbons (Fsp3) is 0.667. The van der Waals surface area contributed by atoms with Crippen molar-refractivity contribution in [1.82, 2.24) is 0 Å². The summed E-state index contributed by atoms with van der Waals surface area (Å²) in [5.41, 5.74) is -2.21. The van der Waals surface area contributed by atoms with Crippen LogP contribution in [0.2, 0.25) is 0 Å². The Bertz CT molecular complexity index is 740. The molecule has 0 saturated heterocycles. The van der Waals surface area contributed by atoms with Crippen molar-refractivity contribution in [1.29, 1.82) is 0 Å². The van der Waals surface area contributed by atoms with Crippen LogP contribution >= 0.6 is 0 Å². The average Bonchev–Trinajstić information content (AvgIpc) is 2.90. The van der Waals surface area contributed by atoms with Gasteiger partial charge in [0.1, 0.15) is 13.2 Å². The van der Waals surface area contributed by atoms with Gasteiger partial charge in [-0.1, -0.05) is 12.1 Å². The van der Waals surface area contributed by atoms with E-state index in [4.69, 9.17) is 47.4 Å². The molecular weight excluding hydrogens is 480 g/mol. The SMILES string of the molecule is COC(=O)C1(C(=O)OC)COCCOCCOCCOCCOCCOCCOc2ccccc2O1. The molecule has 1 aromatic carbocycles. The normalized spacial score (nSPS) is 19.8. The van der Waals surface area contributed by atoms with E-state index < -0.39 is 24.1 Å². The van der Waals surface area contributed by atoms with Crippen molar-refractivity contribution < 1.29 is 57.0 Å². The van der Waals surface area contributed by atoms with Crippen LogP contribution in [0.15, 0.2) is 24.3 Å². The molecule has 204 valence electrons. The fourth-order valence-electron chi connectivity index (χ4n) is 3.01. The van der Waals surface area contributed by atoms with E-state index >= 15 is 0 Å². The minimum absolute atomic E-state index is 0.0810. The van der Waals surface area contributed by atoms with Gasteiger partial charge in [0.2, 0.25) is 0 Å². The lowest BCUT2D eigenvalue weighted by atomic mass is 10.1. The fourth-order valence-corrected chi connectivity index (χ4v) is 3.01. The highest BCUT2D eigenvalue weighted by Crippen LogP contribution is 2.31. The Morgan fingerprint density at radius 3 is 1.44 bits per heavy atom. The van der Waals surface area contributed by atoms with E-state index in [1.54, 1.807) is 24.3 Å². The Labute approximate surface area is 210 Å². The van der Waals surface area contributed by atoms with Crippen LogP contribution in [0.1, 0.15) is 0 Å². The molecule has 1 aromatic rings. The molecule has 0 saturated carbocycles. The van der Waals surface area contributed by atoms with E-state index in [-0.39, 0.29) is 32.2 Å². The number of fused-ring (bicyclic) bond motifs is 1. The van der Waals surface area contributed by atoms with Gasteiger partial charge in [-0.25, -0.2) is 9.59 Å². The third-order valence-electron chi connectivity index (χ3n) is 4.81. The summed E-state index contributed by atoms with van der Waals surface area (Å²) in [6.45, 7) is 3.62. The van der Waals surface area contributed by atoms with Gasteiger partial charge in [0, 0.05) is 0 Å². The Hall–Kier alpha value is -2.48. The molecule has 0 amide bonds. The van der Waals surface area contributed by atoms with Gasteiger partial charge in [0.15, 0.2) is 11.5 Å². The van der Waals surface area contributed by atoms with Gasteiger partial charge in [-0.15, -0.1) is 0 Å². The lowest BCUT2D eigenvalue weighted by Crippen LogP contribution is -2.57. The van der Waals surface area contributed by atoms with Gasteiger partial charge in [0.05, 0.1) is 86.9 Å². The van der Waals surface area contributed by atoms with Gasteiger partial charge in [-0.2, -0.15) is 0 Å². The zero-order valence-corrected chi connectivity index (χ0v) is 20.9. The molecule has 1 heterocycles. The zero-order chi connectivity index (χ0) is 25.9. The van der Waals surface area contributed by atoms with Crippen LogP contribution in [0.3, 0.4) is 0 Å². The largest absolute Gasteiger partial charge is 0.487 e. The van der Waals surface area contributed by atoms with E-state index in [2.05, 4.69) is 0 Å². The molecule has 36 heavy (non-hydrogen) atoms. The highest BCUT2D eigenvalue weighted by atomic mass is 16.6. The van der Waals surface area contributed by atoms with Gasteiger partial charge < -0.3 is 47.4 Å². The van der Waals surface area contributed by atoms with Crippen molar-refractivity contribution in [2.45, 2.75) is 5.60 Å². The number of ether oxygens (including phenoxy) is 10. The minimum atomic E-state index is -2.21. The topological polar surface area (TPSA) is 126 Å². The van der Waals surface area contributed by atoms with Crippen molar-refractivity contribution in [2.24, 2.45) is 0 Å². The first kappa shape index (κ1) is 29.7. The highest BCUT2D eigenvalue weighted by molar-refractivity contribution is 6.04. The van der Waals surface area contributed by atoms with Gasteiger partial charge in [-0.05, 0) is 12.1 Å². The van der Waals surface area contributed by atoms with E-state index in [0.717, 1.165) is 14.2 Å². The molecule has 0 fully saturated rings. The molecule has 2 rings (SSSR count). The number of hydrogen-bond acceptors (Lipinski definition) is 12. The summed E-state index contributed by atoms with van der Waals surface area (Å²) in [4.78, 5) is 25.5. The maximum absolute atomic E-state index is 12.7. The molecule has 0 unspecified atom stereocenters. The van der Waals surface area contributed by atoms with Crippen molar-refractivity contribution in [3.8, 4) is 11.5 Å². The molecule has 12 heteroatoms. The van der Waals surface area contributed by atoms with Crippen molar-refractivity contribution in [3.63, 3.8) is 0 Å². The lowest BCUT2D eigenvalue weighted by molar-refractivity contribution is -0.183. The third-order valence-corrected chi connectivity index (χ3v) is 4.81. The molecule has 1 aliphatic rings. The predicted octanol–water partition coefficient (Wildman–Crippen LogP) is 0.642. The standard InChI is InChI=1S/C24H36O12/c1-27-22(25)24(23(26)28-2)19-34-16-15-32-12-11-30-8-7-29-9-10-31-13-14-33-17-18-35-20-5-3-4-6-21(20)36-24/h3-6H,7-19H2,1-2H3. The summed E-state index contributed by atoms with van der Waals surface area (Å²) in [6, 6.07) is 6.59. The number of carbonyl (C=O) groups excluding carboxylic acids is 2. The van der Waals surface area contributed by atoms with E-state index in [1.807, 2.05) is 0 Å². The number of benzene rings is 1. The van der Waals surface area contributed by atoms with E-state index in [0.29, 0.717) is 58.6 Å². The number of hydrogen-bond donors (Lipinski definition) is 0. The summed E-state index contributed by atoms with van der Waals surface area (Å²) in [5, 5.41) is 0. The first-order chi connectivity index (χ1) is 17.6. The second-order valence-electron chi connectivity index (χ2n) is 7.32. The molecule has 1 aliphatic heterocycles. The molecule has 12 nitrogen and oxygen atoms in total. The minimum Gasteiger partial charge on any atom is -0.487 e. The number of carbonyl (C=O) groups is 2. The summed E-state index contributed by atoms with van der Waals surface area (Å²) in [7, 11) is 2.28. The van der Waals surface area contributed by atoms with Gasteiger partial charge >= 0.3 is 17.5 Å². The molecule has 0 bridgehead atoms. The molecular formula is C24H36O12. The summed E-state index contributed by atoms with van der Waals surface area (Å²) in [6.07, 6.45) is 0. The second kappa shape index (κ2) is 17.9. The Morgan fingerprint density at radius 2 is 1.00 bits per heavy atom. The maximum Gasteiger partial charge on any atom is 0.364 e. The second-order valence-corrected chi connectivity index (χ2v) is 7.32. The van der Waals surface area contributed by atoms with Crippen molar-refractivity contribution in [3.05, 3.63) is 24.3 Å².